The molecule has 66 valence electrons. The summed E-state index contributed by atoms with van der Waals surface area (Å²) in [6.45, 7) is 0. The number of fused-ring (bicyclic) bond motifs is 1. The second-order valence-corrected chi connectivity index (χ2v) is 3.29. The van der Waals surface area contributed by atoms with E-state index in [1.54, 1.807) is 0 Å². The van der Waals surface area contributed by atoms with Gasteiger partial charge in [-0.3, -0.25) is 9.59 Å². The summed E-state index contributed by atoms with van der Waals surface area (Å²) in [5.74, 6) is -0.471. The summed E-state index contributed by atoms with van der Waals surface area (Å²) in [5, 5.41) is 0. The molecule has 1 aliphatic carbocycles. The molecule has 0 unspecified atom stereocenters. The maximum Gasteiger partial charge on any atom is 0.202 e. The molecular formula is C11H10O2. The van der Waals surface area contributed by atoms with Gasteiger partial charge in [0.25, 0.3) is 0 Å². The van der Waals surface area contributed by atoms with Gasteiger partial charge in [-0.05, 0) is 17.5 Å². The SMILES string of the molecule is O=C1CCc2ccccc2CC1=O. The summed E-state index contributed by atoms with van der Waals surface area (Å²) in [7, 11) is 0. The summed E-state index contributed by atoms with van der Waals surface area (Å²) in [6.07, 6.45) is 1.37. The van der Waals surface area contributed by atoms with E-state index < -0.39 is 0 Å². The molecule has 0 spiro atoms. The van der Waals surface area contributed by atoms with Gasteiger partial charge in [0.05, 0.1) is 0 Å². The van der Waals surface area contributed by atoms with Crippen LogP contribution in [0.5, 0.6) is 0 Å². The molecule has 2 nitrogen and oxygen atoms in total. The molecule has 2 heteroatoms. The Balaban J connectivity index is 2.40. The van der Waals surface area contributed by atoms with Crippen LogP contribution in [0.1, 0.15) is 17.5 Å². The summed E-state index contributed by atoms with van der Waals surface area (Å²) >= 11 is 0. The Morgan fingerprint density at radius 2 is 1.54 bits per heavy atom. The largest absolute Gasteiger partial charge is 0.291 e. The molecule has 0 radical (unpaired) electrons. The number of carbonyl (C=O) groups excluding carboxylic acids is 2. The Morgan fingerprint density at radius 1 is 0.846 bits per heavy atom. The van der Waals surface area contributed by atoms with Crippen molar-refractivity contribution in [2.75, 3.05) is 0 Å². The van der Waals surface area contributed by atoms with Crippen LogP contribution in [0.3, 0.4) is 0 Å². The lowest BCUT2D eigenvalue weighted by Crippen LogP contribution is -2.13. The normalized spacial score (nSPS) is 16.6. The zero-order chi connectivity index (χ0) is 9.26. The van der Waals surface area contributed by atoms with Gasteiger partial charge >= 0.3 is 0 Å². The van der Waals surface area contributed by atoms with Gasteiger partial charge in [-0.15, -0.1) is 0 Å². The van der Waals surface area contributed by atoms with Crippen LogP contribution in [0.25, 0.3) is 0 Å². The fraction of sp³-hybridized carbons (Fsp3) is 0.273. The van der Waals surface area contributed by atoms with Crippen LogP contribution in [-0.4, -0.2) is 11.6 Å². The van der Waals surface area contributed by atoms with Crippen LogP contribution in [-0.2, 0) is 22.4 Å². The van der Waals surface area contributed by atoms with Gasteiger partial charge < -0.3 is 0 Å². The van der Waals surface area contributed by atoms with Gasteiger partial charge in [0.1, 0.15) is 0 Å². The Morgan fingerprint density at radius 3 is 2.31 bits per heavy atom. The van der Waals surface area contributed by atoms with Crippen molar-refractivity contribution in [2.24, 2.45) is 0 Å². The van der Waals surface area contributed by atoms with Crippen LogP contribution in [0.2, 0.25) is 0 Å². The fourth-order valence-electron chi connectivity index (χ4n) is 1.63. The highest BCUT2D eigenvalue weighted by molar-refractivity contribution is 6.37. The Kier molecular flexibility index (Phi) is 1.97. The Hall–Kier alpha value is -1.44. The van der Waals surface area contributed by atoms with Gasteiger partial charge in [0.15, 0.2) is 5.78 Å². The number of rotatable bonds is 0. The molecule has 1 aromatic carbocycles. The average molecular weight is 174 g/mol. The zero-order valence-electron chi connectivity index (χ0n) is 7.25. The van der Waals surface area contributed by atoms with Crippen LogP contribution < -0.4 is 0 Å². The van der Waals surface area contributed by atoms with Crippen LogP contribution >= 0.6 is 0 Å². The minimum absolute atomic E-state index is 0.226. The van der Waals surface area contributed by atoms with E-state index in [1.165, 1.54) is 0 Å². The summed E-state index contributed by atoms with van der Waals surface area (Å²) in [4.78, 5) is 22.4. The van der Waals surface area contributed by atoms with Crippen molar-refractivity contribution < 1.29 is 9.59 Å². The molecule has 0 amide bonds. The van der Waals surface area contributed by atoms with Crippen molar-refractivity contribution in [1.29, 1.82) is 0 Å². The molecule has 0 aromatic heterocycles. The molecule has 0 bridgehead atoms. The molecule has 0 saturated carbocycles. The number of carbonyl (C=O) groups is 2. The number of hydrogen-bond acceptors (Lipinski definition) is 2. The molecule has 0 aliphatic heterocycles. The molecule has 0 heterocycles. The van der Waals surface area contributed by atoms with Gasteiger partial charge in [0, 0.05) is 12.8 Å². The zero-order valence-corrected chi connectivity index (χ0v) is 7.25. The van der Waals surface area contributed by atoms with E-state index in [2.05, 4.69) is 0 Å². The number of hydrogen-bond donors (Lipinski definition) is 0. The monoisotopic (exact) mass is 174 g/mol. The van der Waals surface area contributed by atoms with Gasteiger partial charge in [-0.1, -0.05) is 24.3 Å². The quantitative estimate of drug-likeness (QED) is 0.439. The second kappa shape index (κ2) is 3.13. The van der Waals surface area contributed by atoms with E-state index in [9.17, 15) is 9.59 Å². The van der Waals surface area contributed by atoms with E-state index in [0.29, 0.717) is 12.8 Å². The van der Waals surface area contributed by atoms with E-state index in [1.807, 2.05) is 24.3 Å². The third kappa shape index (κ3) is 1.52. The minimum atomic E-state index is -0.245. The first-order valence-corrected chi connectivity index (χ1v) is 4.40. The third-order valence-corrected chi connectivity index (χ3v) is 2.40. The highest BCUT2D eigenvalue weighted by Crippen LogP contribution is 2.16. The van der Waals surface area contributed by atoms with E-state index in [-0.39, 0.29) is 18.0 Å². The highest BCUT2D eigenvalue weighted by Gasteiger charge is 2.19. The predicted octanol–water partition coefficient (Wildman–Crippen LogP) is 1.31. The molecular weight excluding hydrogens is 164 g/mol. The molecule has 0 atom stereocenters. The minimum Gasteiger partial charge on any atom is -0.291 e. The van der Waals surface area contributed by atoms with Crippen LogP contribution in [0.4, 0.5) is 0 Å². The summed E-state index contributed by atoms with van der Waals surface area (Å²) in [5.41, 5.74) is 2.15. The van der Waals surface area contributed by atoms with Crippen molar-refractivity contribution in [2.45, 2.75) is 19.3 Å². The lowest BCUT2D eigenvalue weighted by Gasteiger charge is -2.01. The molecule has 1 aromatic rings. The molecule has 1 aliphatic rings. The number of Topliss-reactive ketones (excluding diaryl/α,β-unsaturated/α-hetero) is 2. The molecule has 13 heavy (non-hydrogen) atoms. The first kappa shape index (κ1) is 8.17. The summed E-state index contributed by atoms with van der Waals surface area (Å²) in [6, 6.07) is 7.76. The topological polar surface area (TPSA) is 34.1 Å². The van der Waals surface area contributed by atoms with Gasteiger partial charge in [-0.25, -0.2) is 0 Å². The Bertz CT molecular complexity index is 366. The maximum atomic E-state index is 11.2. The average Bonchev–Trinajstić information content (AvgIpc) is 2.28. The smallest absolute Gasteiger partial charge is 0.202 e. The lowest BCUT2D eigenvalue weighted by molar-refractivity contribution is -0.136. The van der Waals surface area contributed by atoms with E-state index >= 15 is 0 Å². The first-order valence-electron chi connectivity index (χ1n) is 4.40. The maximum absolute atomic E-state index is 11.2. The molecule has 2 rings (SSSR count). The van der Waals surface area contributed by atoms with Crippen molar-refractivity contribution in [3.05, 3.63) is 35.4 Å². The van der Waals surface area contributed by atoms with Crippen molar-refractivity contribution >= 4 is 11.6 Å². The highest BCUT2D eigenvalue weighted by atomic mass is 16.2. The van der Waals surface area contributed by atoms with E-state index in [4.69, 9.17) is 0 Å². The Labute approximate surface area is 76.6 Å². The number of aryl methyl sites for hydroxylation is 1. The standard InChI is InChI=1S/C11H10O2/c12-10-6-5-8-3-1-2-4-9(8)7-11(10)13/h1-4H,5-7H2. The van der Waals surface area contributed by atoms with Crippen molar-refractivity contribution in [3.8, 4) is 0 Å². The predicted molar refractivity (Wildman–Crippen MR) is 48.5 cm³/mol. The van der Waals surface area contributed by atoms with Gasteiger partial charge in [-0.2, -0.15) is 0 Å². The molecule has 0 fully saturated rings. The lowest BCUT2D eigenvalue weighted by atomic mass is 10.0. The molecule has 0 N–H and O–H groups in total. The molecule has 0 saturated heterocycles. The van der Waals surface area contributed by atoms with Crippen LogP contribution in [0.15, 0.2) is 24.3 Å². The first-order chi connectivity index (χ1) is 6.27. The van der Waals surface area contributed by atoms with Crippen LogP contribution in [0, 0.1) is 0 Å². The summed E-state index contributed by atoms with van der Waals surface area (Å²) < 4.78 is 0. The number of ketones is 2. The third-order valence-electron chi connectivity index (χ3n) is 2.40. The van der Waals surface area contributed by atoms with Crippen molar-refractivity contribution in [3.63, 3.8) is 0 Å². The fourth-order valence-corrected chi connectivity index (χ4v) is 1.63. The van der Waals surface area contributed by atoms with E-state index in [0.717, 1.165) is 11.1 Å². The second-order valence-electron chi connectivity index (χ2n) is 3.29. The van der Waals surface area contributed by atoms with Gasteiger partial charge in [0.2, 0.25) is 5.78 Å². The number of benzene rings is 1. The van der Waals surface area contributed by atoms with Crippen molar-refractivity contribution in [1.82, 2.24) is 0 Å².